The molecule has 6 nitrogen and oxygen atoms in total. The van der Waals surface area contributed by atoms with E-state index in [4.69, 9.17) is 5.11 Å². The lowest BCUT2D eigenvalue weighted by atomic mass is 9.95. The second kappa shape index (κ2) is 4.57. The van der Waals surface area contributed by atoms with Gasteiger partial charge in [-0.3, -0.25) is 14.3 Å². The van der Waals surface area contributed by atoms with E-state index in [0.717, 1.165) is 38.2 Å². The molecule has 1 aliphatic rings. The van der Waals surface area contributed by atoms with Crippen molar-refractivity contribution in [3.8, 4) is 0 Å². The summed E-state index contributed by atoms with van der Waals surface area (Å²) in [5.41, 5.74) is -1.51. The van der Waals surface area contributed by atoms with Gasteiger partial charge in [-0.05, 0) is 12.8 Å². The van der Waals surface area contributed by atoms with Crippen LogP contribution in [-0.4, -0.2) is 20.6 Å². The van der Waals surface area contributed by atoms with Crippen LogP contribution in [0.25, 0.3) is 0 Å². The van der Waals surface area contributed by atoms with E-state index < -0.39 is 17.2 Å². The number of carboxylic acid groups (broad SMARTS) is 1. The molecule has 2 rings (SSSR count). The Balaban J connectivity index is 2.54. The SMILES string of the molecule is O=C(O)c1cc(=O)[nH]c(=O)n1C1CCCCC1. The highest BCUT2D eigenvalue weighted by molar-refractivity contribution is 5.85. The first kappa shape index (κ1) is 11.6. The number of hydrogen-bond donors (Lipinski definition) is 2. The Bertz CT molecular complexity index is 537. The second-order valence-electron chi connectivity index (χ2n) is 4.29. The molecule has 0 saturated heterocycles. The summed E-state index contributed by atoms with van der Waals surface area (Å²) < 4.78 is 1.21. The Morgan fingerprint density at radius 3 is 2.53 bits per heavy atom. The lowest BCUT2D eigenvalue weighted by Gasteiger charge is -2.24. The van der Waals surface area contributed by atoms with Gasteiger partial charge in [-0.25, -0.2) is 9.59 Å². The van der Waals surface area contributed by atoms with E-state index in [1.54, 1.807) is 0 Å². The van der Waals surface area contributed by atoms with Crippen LogP contribution < -0.4 is 11.2 Å². The molecule has 0 unspecified atom stereocenters. The van der Waals surface area contributed by atoms with Gasteiger partial charge in [0.15, 0.2) is 0 Å². The van der Waals surface area contributed by atoms with Crippen molar-refractivity contribution in [3.63, 3.8) is 0 Å². The van der Waals surface area contributed by atoms with Crippen molar-refractivity contribution in [2.24, 2.45) is 0 Å². The number of carboxylic acids is 1. The molecule has 0 bridgehead atoms. The van der Waals surface area contributed by atoms with Crippen molar-refractivity contribution in [1.82, 2.24) is 9.55 Å². The number of hydrogen-bond acceptors (Lipinski definition) is 3. The third-order valence-corrected chi connectivity index (χ3v) is 3.14. The van der Waals surface area contributed by atoms with Crippen molar-refractivity contribution < 1.29 is 9.90 Å². The topological polar surface area (TPSA) is 92.2 Å². The van der Waals surface area contributed by atoms with E-state index in [2.05, 4.69) is 4.98 Å². The van der Waals surface area contributed by atoms with Gasteiger partial charge in [0.1, 0.15) is 5.69 Å². The van der Waals surface area contributed by atoms with Crippen LogP contribution in [0.2, 0.25) is 0 Å². The van der Waals surface area contributed by atoms with E-state index in [0.29, 0.717) is 0 Å². The van der Waals surface area contributed by atoms with Crippen molar-refractivity contribution in [1.29, 1.82) is 0 Å². The molecule has 17 heavy (non-hydrogen) atoms. The molecule has 0 aliphatic heterocycles. The maximum Gasteiger partial charge on any atom is 0.352 e. The zero-order valence-electron chi connectivity index (χ0n) is 9.31. The summed E-state index contributed by atoms with van der Waals surface area (Å²) in [4.78, 5) is 36.0. The van der Waals surface area contributed by atoms with Crippen molar-refractivity contribution in [3.05, 3.63) is 32.6 Å². The first-order valence-electron chi connectivity index (χ1n) is 5.69. The normalized spacial score (nSPS) is 16.9. The van der Waals surface area contributed by atoms with Gasteiger partial charge < -0.3 is 5.11 Å². The molecule has 0 aromatic carbocycles. The van der Waals surface area contributed by atoms with Crippen LogP contribution in [0.5, 0.6) is 0 Å². The lowest BCUT2D eigenvalue weighted by molar-refractivity contribution is 0.0677. The number of carbonyl (C=O) groups is 1. The van der Waals surface area contributed by atoms with Crippen LogP contribution in [0, 0.1) is 0 Å². The Morgan fingerprint density at radius 2 is 1.94 bits per heavy atom. The summed E-state index contributed by atoms with van der Waals surface area (Å²) in [5.74, 6) is -1.24. The van der Waals surface area contributed by atoms with E-state index in [1.165, 1.54) is 4.57 Å². The van der Waals surface area contributed by atoms with Crippen molar-refractivity contribution in [2.45, 2.75) is 38.1 Å². The fourth-order valence-electron chi connectivity index (χ4n) is 2.37. The van der Waals surface area contributed by atoms with Gasteiger partial charge in [-0.2, -0.15) is 0 Å². The summed E-state index contributed by atoms with van der Waals surface area (Å²) in [6, 6.07) is 0.859. The minimum atomic E-state index is -1.24. The van der Waals surface area contributed by atoms with Crippen molar-refractivity contribution in [2.75, 3.05) is 0 Å². The predicted octanol–water partition coefficient (Wildman–Crippen LogP) is 0.740. The largest absolute Gasteiger partial charge is 0.477 e. The van der Waals surface area contributed by atoms with Crippen LogP contribution in [0.15, 0.2) is 15.7 Å². The van der Waals surface area contributed by atoms with Gasteiger partial charge in [0, 0.05) is 12.1 Å². The molecular formula is C11H14N2O4. The summed E-state index contributed by atoms with van der Waals surface area (Å²) in [6.07, 6.45) is 4.64. The summed E-state index contributed by atoms with van der Waals surface area (Å²) in [6.45, 7) is 0. The lowest BCUT2D eigenvalue weighted by Crippen LogP contribution is -2.36. The van der Waals surface area contributed by atoms with Crippen LogP contribution in [-0.2, 0) is 0 Å². The molecule has 1 aromatic rings. The zero-order valence-corrected chi connectivity index (χ0v) is 9.31. The fraction of sp³-hybridized carbons (Fsp3) is 0.545. The van der Waals surface area contributed by atoms with Crippen LogP contribution >= 0.6 is 0 Å². The number of aromatic amines is 1. The molecular weight excluding hydrogens is 224 g/mol. The van der Waals surface area contributed by atoms with Gasteiger partial charge in [0.25, 0.3) is 5.56 Å². The smallest absolute Gasteiger partial charge is 0.352 e. The minimum Gasteiger partial charge on any atom is -0.477 e. The fourth-order valence-corrected chi connectivity index (χ4v) is 2.37. The maximum absolute atomic E-state index is 11.7. The molecule has 2 N–H and O–H groups in total. The standard InChI is InChI=1S/C11H14N2O4/c14-9-6-8(10(15)16)13(11(17)12-9)7-4-2-1-3-5-7/h6-7H,1-5H2,(H,15,16)(H,12,14,17). The highest BCUT2D eigenvalue weighted by Crippen LogP contribution is 2.27. The molecule has 1 heterocycles. The molecule has 1 aromatic heterocycles. The third-order valence-electron chi connectivity index (χ3n) is 3.14. The van der Waals surface area contributed by atoms with Gasteiger partial charge in [-0.15, -0.1) is 0 Å². The highest BCUT2D eigenvalue weighted by Gasteiger charge is 2.22. The molecule has 1 saturated carbocycles. The average Bonchev–Trinajstić information content (AvgIpc) is 2.29. The Labute approximate surface area is 96.9 Å². The molecule has 1 aliphatic carbocycles. The van der Waals surface area contributed by atoms with E-state index in [9.17, 15) is 14.4 Å². The number of nitrogens with one attached hydrogen (secondary N) is 1. The van der Waals surface area contributed by atoms with Gasteiger partial charge in [-0.1, -0.05) is 19.3 Å². The molecule has 0 atom stereocenters. The minimum absolute atomic E-state index is 0.112. The van der Waals surface area contributed by atoms with Gasteiger partial charge in [0.05, 0.1) is 0 Å². The van der Waals surface area contributed by atoms with Crippen LogP contribution in [0.1, 0.15) is 48.6 Å². The Morgan fingerprint density at radius 1 is 1.29 bits per heavy atom. The number of H-pyrrole nitrogens is 1. The van der Waals surface area contributed by atoms with E-state index >= 15 is 0 Å². The second-order valence-corrected chi connectivity index (χ2v) is 4.29. The van der Waals surface area contributed by atoms with Crippen molar-refractivity contribution >= 4 is 5.97 Å². The number of nitrogens with zero attached hydrogens (tertiary/aromatic N) is 1. The van der Waals surface area contributed by atoms with Crippen LogP contribution in [0.4, 0.5) is 0 Å². The average molecular weight is 238 g/mol. The monoisotopic (exact) mass is 238 g/mol. The third kappa shape index (κ3) is 2.30. The molecule has 92 valence electrons. The highest BCUT2D eigenvalue weighted by atomic mass is 16.4. The predicted molar refractivity (Wildman–Crippen MR) is 60.4 cm³/mol. The van der Waals surface area contributed by atoms with E-state index in [-0.39, 0.29) is 11.7 Å². The summed E-state index contributed by atoms with van der Waals surface area (Å²) in [7, 11) is 0. The number of rotatable bonds is 2. The summed E-state index contributed by atoms with van der Waals surface area (Å²) in [5, 5.41) is 9.03. The summed E-state index contributed by atoms with van der Waals surface area (Å²) >= 11 is 0. The Hall–Kier alpha value is -1.85. The first-order chi connectivity index (χ1) is 8.09. The first-order valence-corrected chi connectivity index (χ1v) is 5.69. The molecule has 0 spiro atoms. The Kier molecular flexibility index (Phi) is 3.12. The van der Waals surface area contributed by atoms with Gasteiger partial charge >= 0.3 is 11.7 Å². The molecule has 0 amide bonds. The number of aromatic carboxylic acids is 1. The maximum atomic E-state index is 11.7. The molecule has 1 fully saturated rings. The van der Waals surface area contributed by atoms with Crippen LogP contribution in [0.3, 0.4) is 0 Å². The zero-order chi connectivity index (χ0) is 12.4. The number of aromatic nitrogens is 2. The molecule has 6 heteroatoms. The van der Waals surface area contributed by atoms with Gasteiger partial charge in [0.2, 0.25) is 0 Å². The van der Waals surface area contributed by atoms with E-state index in [1.807, 2.05) is 0 Å². The molecule has 0 radical (unpaired) electrons. The quantitative estimate of drug-likeness (QED) is 0.794.